The maximum absolute atomic E-state index is 12.0. The van der Waals surface area contributed by atoms with Gasteiger partial charge in [0, 0.05) is 34.8 Å². The summed E-state index contributed by atoms with van der Waals surface area (Å²) in [6.07, 6.45) is 0. The van der Waals surface area contributed by atoms with E-state index >= 15 is 0 Å². The number of carbonyl (C=O) groups is 1. The van der Waals surface area contributed by atoms with E-state index < -0.39 is 0 Å². The van der Waals surface area contributed by atoms with Crippen molar-refractivity contribution in [1.82, 2.24) is 9.04 Å². The Hall–Kier alpha value is -0.870. The zero-order chi connectivity index (χ0) is 11.3. The molecule has 0 aliphatic rings. The Balaban J connectivity index is 2.83. The van der Waals surface area contributed by atoms with Crippen molar-refractivity contribution in [2.24, 2.45) is 0 Å². The van der Waals surface area contributed by atoms with E-state index in [1.165, 1.54) is 0 Å². The molecule has 0 aromatic heterocycles. The summed E-state index contributed by atoms with van der Waals surface area (Å²) in [6, 6.07) is 9.28. The first-order chi connectivity index (χ1) is 7.20. The minimum atomic E-state index is 0.0109. The van der Waals surface area contributed by atoms with Gasteiger partial charge in [0.2, 0.25) is 0 Å². The van der Waals surface area contributed by atoms with Crippen molar-refractivity contribution >= 4 is 22.1 Å². The lowest BCUT2D eigenvalue weighted by molar-refractivity contribution is 0.0458. The third kappa shape index (κ3) is 3.04. The molecule has 1 aromatic rings. The van der Waals surface area contributed by atoms with Gasteiger partial charge in [-0.1, -0.05) is 18.2 Å². The van der Waals surface area contributed by atoms with Crippen LogP contribution in [0.25, 0.3) is 0 Å². The molecule has 1 rings (SSSR count). The van der Waals surface area contributed by atoms with Crippen LogP contribution in [0.1, 0.15) is 24.2 Å². The van der Waals surface area contributed by atoms with E-state index in [-0.39, 0.29) is 5.91 Å². The van der Waals surface area contributed by atoms with Gasteiger partial charge < -0.3 is 0 Å². The highest BCUT2D eigenvalue weighted by molar-refractivity contribution is 9.07. The van der Waals surface area contributed by atoms with Crippen LogP contribution in [0.3, 0.4) is 0 Å². The molecule has 1 amide bonds. The van der Waals surface area contributed by atoms with Crippen molar-refractivity contribution in [3.05, 3.63) is 35.9 Å². The molecule has 0 saturated heterocycles. The van der Waals surface area contributed by atoms with Crippen molar-refractivity contribution in [1.29, 1.82) is 0 Å². The summed E-state index contributed by atoms with van der Waals surface area (Å²) in [5, 5.41) is 1.66. The van der Waals surface area contributed by atoms with Gasteiger partial charge in [0.15, 0.2) is 0 Å². The Bertz CT molecular complexity index is 316. The molecule has 82 valence electrons. The molecule has 0 heterocycles. The predicted octanol–water partition coefficient (Wildman–Crippen LogP) is 2.70. The first kappa shape index (κ1) is 12.2. The second kappa shape index (κ2) is 5.88. The molecule has 0 aliphatic heterocycles. The summed E-state index contributed by atoms with van der Waals surface area (Å²) in [6.45, 7) is 5.32. The van der Waals surface area contributed by atoms with Crippen molar-refractivity contribution in [2.75, 3.05) is 13.1 Å². The normalized spacial score (nSPS) is 10.4. The summed E-state index contributed by atoms with van der Waals surface area (Å²) in [5.41, 5.74) is 0.706. The van der Waals surface area contributed by atoms with E-state index in [9.17, 15) is 4.79 Å². The van der Waals surface area contributed by atoms with Crippen LogP contribution < -0.4 is 0 Å². The summed E-state index contributed by atoms with van der Waals surface area (Å²) in [4.78, 5) is 12.0. The van der Waals surface area contributed by atoms with Crippen molar-refractivity contribution in [3.63, 3.8) is 0 Å². The van der Waals surface area contributed by atoms with Crippen LogP contribution in [0.4, 0.5) is 0 Å². The molecule has 0 aliphatic carbocycles. The van der Waals surface area contributed by atoms with Gasteiger partial charge in [-0.15, -0.1) is 0 Å². The van der Waals surface area contributed by atoms with E-state index in [1.807, 2.05) is 44.2 Å². The number of hydrogen-bond acceptors (Lipinski definition) is 2. The summed E-state index contributed by atoms with van der Waals surface area (Å²) < 4.78 is 1.74. The molecule has 1 aromatic carbocycles. The number of hydrazine groups is 1. The lowest BCUT2D eigenvalue weighted by Crippen LogP contribution is -2.40. The fourth-order valence-electron chi connectivity index (χ4n) is 1.30. The van der Waals surface area contributed by atoms with Gasteiger partial charge in [0.1, 0.15) is 0 Å². The molecular formula is C11H15BrN2O. The average molecular weight is 271 g/mol. The number of nitrogens with zero attached hydrogens (tertiary/aromatic N) is 2. The number of amides is 1. The first-order valence-corrected chi connectivity index (χ1v) is 5.71. The fraction of sp³-hybridized carbons (Fsp3) is 0.364. The maximum Gasteiger partial charge on any atom is 0.268 e. The number of halogens is 1. The minimum Gasteiger partial charge on any atom is -0.268 e. The molecule has 0 atom stereocenters. The van der Waals surface area contributed by atoms with E-state index in [0.717, 1.165) is 6.54 Å². The standard InChI is InChI=1S/C11H15BrN2O/c1-3-13(14(12)4-2)11(15)10-8-6-5-7-9-10/h5-9H,3-4H2,1-2H3. The highest BCUT2D eigenvalue weighted by Gasteiger charge is 2.17. The lowest BCUT2D eigenvalue weighted by atomic mass is 10.2. The molecule has 3 nitrogen and oxygen atoms in total. The monoisotopic (exact) mass is 270 g/mol. The second-order valence-electron chi connectivity index (χ2n) is 3.04. The van der Waals surface area contributed by atoms with Crippen LogP contribution in [0.5, 0.6) is 0 Å². The average Bonchev–Trinajstić information content (AvgIpc) is 2.30. The Morgan fingerprint density at radius 2 is 1.80 bits per heavy atom. The van der Waals surface area contributed by atoms with Crippen molar-refractivity contribution < 1.29 is 4.79 Å². The summed E-state index contributed by atoms with van der Waals surface area (Å²) in [7, 11) is 0. The zero-order valence-corrected chi connectivity index (χ0v) is 10.6. The number of benzene rings is 1. The van der Waals surface area contributed by atoms with Gasteiger partial charge in [-0.2, -0.15) is 4.03 Å². The predicted molar refractivity (Wildman–Crippen MR) is 64.5 cm³/mol. The lowest BCUT2D eigenvalue weighted by Gasteiger charge is -2.27. The summed E-state index contributed by atoms with van der Waals surface area (Å²) >= 11 is 3.34. The first-order valence-electron chi connectivity index (χ1n) is 5.00. The van der Waals surface area contributed by atoms with Crippen LogP contribution >= 0.6 is 16.1 Å². The van der Waals surface area contributed by atoms with Crippen molar-refractivity contribution in [2.45, 2.75) is 13.8 Å². The van der Waals surface area contributed by atoms with Crippen LogP contribution in [0.15, 0.2) is 30.3 Å². The van der Waals surface area contributed by atoms with Crippen LogP contribution in [-0.2, 0) is 0 Å². The van der Waals surface area contributed by atoms with Gasteiger partial charge in [0.05, 0.1) is 0 Å². The molecule has 15 heavy (non-hydrogen) atoms. The third-order valence-electron chi connectivity index (χ3n) is 2.08. The molecule has 0 N–H and O–H groups in total. The van der Waals surface area contributed by atoms with E-state index in [0.29, 0.717) is 12.1 Å². The van der Waals surface area contributed by atoms with Crippen molar-refractivity contribution in [3.8, 4) is 0 Å². The number of carbonyl (C=O) groups excluding carboxylic acids is 1. The topological polar surface area (TPSA) is 23.6 Å². The Kier molecular flexibility index (Phi) is 4.78. The molecule has 0 saturated carbocycles. The van der Waals surface area contributed by atoms with Gasteiger partial charge in [-0.05, 0) is 26.0 Å². The van der Waals surface area contributed by atoms with Gasteiger partial charge in [0.25, 0.3) is 5.91 Å². The number of hydrogen-bond donors (Lipinski definition) is 0. The van der Waals surface area contributed by atoms with E-state index in [2.05, 4.69) is 16.1 Å². The second-order valence-corrected chi connectivity index (χ2v) is 3.86. The van der Waals surface area contributed by atoms with Crippen LogP contribution in [-0.4, -0.2) is 28.0 Å². The van der Waals surface area contributed by atoms with Gasteiger partial charge >= 0.3 is 0 Å². The van der Waals surface area contributed by atoms with E-state index in [4.69, 9.17) is 0 Å². The summed E-state index contributed by atoms with van der Waals surface area (Å²) in [5.74, 6) is 0.0109. The number of rotatable bonds is 4. The minimum absolute atomic E-state index is 0.0109. The molecule has 0 bridgehead atoms. The highest BCUT2D eigenvalue weighted by Crippen LogP contribution is 2.10. The van der Waals surface area contributed by atoms with Gasteiger partial charge in [-0.25, -0.2) is 0 Å². The molecule has 0 fully saturated rings. The van der Waals surface area contributed by atoms with Crippen LogP contribution in [0, 0.1) is 0 Å². The quantitative estimate of drug-likeness (QED) is 0.621. The highest BCUT2D eigenvalue weighted by atomic mass is 79.9. The van der Waals surface area contributed by atoms with Gasteiger partial charge in [-0.3, -0.25) is 9.80 Å². The third-order valence-corrected chi connectivity index (χ3v) is 2.96. The molecule has 0 unspecified atom stereocenters. The fourth-order valence-corrected chi connectivity index (χ4v) is 1.66. The maximum atomic E-state index is 12.0. The molecule has 0 radical (unpaired) electrons. The van der Waals surface area contributed by atoms with E-state index in [1.54, 1.807) is 9.04 Å². The Morgan fingerprint density at radius 3 is 2.27 bits per heavy atom. The molecule has 0 spiro atoms. The Morgan fingerprint density at radius 1 is 1.20 bits per heavy atom. The molecular weight excluding hydrogens is 256 g/mol. The zero-order valence-electron chi connectivity index (χ0n) is 8.98. The Labute approximate surface area is 99.0 Å². The smallest absolute Gasteiger partial charge is 0.268 e. The SMILES string of the molecule is CCN(Br)N(CC)C(=O)c1ccccc1. The van der Waals surface area contributed by atoms with Crippen LogP contribution in [0.2, 0.25) is 0 Å². The largest absolute Gasteiger partial charge is 0.268 e. The molecule has 4 heteroatoms.